The zero-order valence-electron chi connectivity index (χ0n) is 32.2. The van der Waals surface area contributed by atoms with Crippen molar-refractivity contribution in [2.45, 2.75) is 0 Å². The van der Waals surface area contributed by atoms with Crippen LogP contribution in [0.25, 0.3) is 110 Å². The quantitative estimate of drug-likeness (QED) is 0.162. The Labute approximate surface area is 346 Å². The van der Waals surface area contributed by atoms with Crippen LogP contribution in [0.2, 0.25) is 0 Å². The summed E-state index contributed by atoms with van der Waals surface area (Å²) in [7, 11) is 2.09. The predicted molar refractivity (Wildman–Crippen MR) is 247 cm³/mol. The van der Waals surface area contributed by atoms with Gasteiger partial charge >= 0.3 is 0 Å². The number of aryl methyl sites for hydroxylation is 1. The second-order valence-corrected chi connectivity index (χ2v) is 16.0. The number of thiophene rings is 1. The average Bonchev–Trinajstić information content (AvgIpc) is 3.86. The molecular weight excluding hydrogens is 737 g/mol. The summed E-state index contributed by atoms with van der Waals surface area (Å²) in [6.45, 7) is 0. The fraction of sp³-hybridized carbons (Fsp3) is 0.0185. The number of aromatic nitrogens is 4. The lowest BCUT2D eigenvalue weighted by Gasteiger charge is -2.13. The summed E-state index contributed by atoms with van der Waals surface area (Å²) < 4.78 is 4.78. The molecule has 0 aliphatic rings. The molecule has 11 rings (SSSR count). The molecule has 3 aromatic heterocycles. The minimum absolute atomic E-state index is 0.691. The summed E-state index contributed by atoms with van der Waals surface area (Å²) in [5.41, 5.74) is 14.8. The molecule has 0 amide bonds. The maximum atomic E-state index is 5.26. The van der Waals surface area contributed by atoms with Crippen LogP contribution in [-0.2, 0) is 7.05 Å². The Morgan fingerprint density at radius 1 is 0.356 bits per heavy atom. The highest BCUT2D eigenvalue weighted by Gasteiger charge is 2.16. The molecule has 4 nitrogen and oxygen atoms in total. The summed E-state index contributed by atoms with van der Waals surface area (Å²) in [4.78, 5) is 15.4. The highest BCUT2D eigenvalue weighted by Crippen LogP contribution is 2.39. The third kappa shape index (κ3) is 6.48. The lowest BCUT2D eigenvalue weighted by molar-refractivity contribution is 0.959. The number of benzene rings is 8. The van der Waals surface area contributed by atoms with E-state index in [-0.39, 0.29) is 0 Å². The molecular formula is C54H36N4S. The van der Waals surface area contributed by atoms with E-state index >= 15 is 0 Å². The van der Waals surface area contributed by atoms with Crippen molar-refractivity contribution in [1.29, 1.82) is 0 Å². The van der Waals surface area contributed by atoms with Gasteiger partial charge in [0, 0.05) is 49.5 Å². The Kier molecular flexibility index (Phi) is 8.53. The van der Waals surface area contributed by atoms with Crippen LogP contribution in [0.4, 0.5) is 0 Å². The monoisotopic (exact) mass is 772 g/mol. The van der Waals surface area contributed by atoms with Gasteiger partial charge in [0.1, 0.15) is 5.82 Å². The van der Waals surface area contributed by atoms with E-state index in [1.807, 2.05) is 35.6 Å². The number of hydrogen-bond donors (Lipinski definition) is 0. The number of imidazole rings is 1. The van der Waals surface area contributed by atoms with Gasteiger partial charge in [-0.1, -0.05) is 146 Å². The van der Waals surface area contributed by atoms with Crippen LogP contribution in [0.5, 0.6) is 0 Å². The van der Waals surface area contributed by atoms with Crippen molar-refractivity contribution < 1.29 is 0 Å². The third-order valence-corrected chi connectivity index (χ3v) is 12.4. The third-order valence-electron chi connectivity index (χ3n) is 11.2. The van der Waals surface area contributed by atoms with E-state index in [9.17, 15) is 0 Å². The van der Waals surface area contributed by atoms with Crippen LogP contribution in [0, 0.1) is 0 Å². The second-order valence-electron chi connectivity index (χ2n) is 14.9. The first-order valence-corrected chi connectivity index (χ1v) is 20.6. The molecule has 0 bridgehead atoms. The standard InChI is InChI=1S/C54H36N4S/c1-58-50-33-41(25-27-47(50)57-54(58)39-17-9-4-10-18-39)36-21-23-37(24-22-36)48-34-49(56-53(55-48)38-15-7-3-8-16-38)44-30-42(35-13-5-2-6-14-35)29-43(31-44)40-26-28-52-46(32-40)45-19-11-12-20-51(45)59-52/h2-34H,1H3. The largest absolute Gasteiger partial charge is 0.327 e. The minimum atomic E-state index is 0.691. The SMILES string of the molecule is Cn1c(-c2ccccc2)nc2ccc(-c3ccc(-c4cc(-c5cc(-c6ccccc6)cc(-c6ccc7sc8ccccc8c7c6)c5)nc(-c5ccccc5)n4)cc3)cc21. The van der Waals surface area contributed by atoms with Crippen molar-refractivity contribution >= 4 is 42.5 Å². The topological polar surface area (TPSA) is 43.6 Å². The lowest BCUT2D eigenvalue weighted by atomic mass is 9.94. The van der Waals surface area contributed by atoms with E-state index in [1.54, 1.807) is 0 Å². The molecule has 8 aromatic carbocycles. The van der Waals surface area contributed by atoms with Gasteiger partial charge in [0.25, 0.3) is 0 Å². The van der Waals surface area contributed by atoms with Crippen molar-refractivity contribution in [3.63, 3.8) is 0 Å². The van der Waals surface area contributed by atoms with Crippen LogP contribution in [0.3, 0.4) is 0 Å². The molecule has 0 N–H and O–H groups in total. The molecule has 0 spiro atoms. The van der Waals surface area contributed by atoms with Gasteiger partial charge in [0.05, 0.1) is 22.4 Å². The fourth-order valence-corrected chi connectivity index (χ4v) is 9.24. The summed E-state index contributed by atoms with van der Waals surface area (Å²) in [6, 6.07) is 71.0. The van der Waals surface area contributed by atoms with Crippen LogP contribution < -0.4 is 0 Å². The fourth-order valence-electron chi connectivity index (χ4n) is 8.15. The smallest absolute Gasteiger partial charge is 0.160 e. The van der Waals surface area contributed by atoms with Gasteiger partial charge in [-0.05, 0) is 88.0 Å². The van der Waals surface area contributed by atoms with E-state index in [2.05, 4.69) is 188 Å². The molecule has 0 unspecified atom stereocenters. The predicted octanol–water partition coefficient (Wildman–Crippen LogP) is 14.4. The summed E-state index contributed by atoms with van der Waals surface area (Å²) in [5, 5.41) is 2.58. The molecule has 0 saturated carbocycles. The molecule has 3 heterocycles. The van der Waals surface area contributed by atoms with E-state index in [4.69, 9.17) is 15.0 Å². The lowest BCUT2D eigenvalue weighted by Crippen LogP contribution is -1.96. The zero-order chi connectivity index (χ0) is 39.3. The molecule has 0 aliphatic heterocycles. The van der Waals surface area contributed by atoms with Gasteiger partial charge in [-0.25, -0.2) is 15.0 Å². The Morgan fingerprint density at radius 2 is 0.881 bits per heavy atom. The van der Waals surface area contributed by atoms with Crippen molar-refractivity contribution in [2.75, 3.05) is 0 Å². The Bertz CT molecular complexity index is 3310. The normalized spacial score (nSPS) is 11.5. The van der Waals surface area contributed by atoms with Gasteiger partial charge in [0.2, 0.25) is 0 Å². The Morgan fingerprint density at radius 3 is 1.63 bits per heavy atom. The van der Waals surface area contributed by atoms with Gasteiger partial charge in [-0.2, -0.15) is 0 Å². The molecule has 0 aliphatic carbocycles. The van der Waals surface area contributed by atoms with Crippen molar-refractivity contribution in [3.05, 3.63) is 200 Å². The number of fused-ring (bicyclic) bond motifs is 4. The van der Waals surface area contributed by atoms with Crippen molar-refractivity contribution in [1.82, 2.24) is 19.5 Å². The van der Waals surface area contributed by atoms with E-state index in [1.165, 1.54) is 25.7 Å². The zero-order valence-corrected chi connectivity index (χ0v) is 33.1. The second kappa shape index (κ2) is 14.5. The van der Waals surface area contributed by atoms with E-state index in [0.717, 1.165) is 78.3 Å². The first-order valence-electron chi connectivity index (χ1n) is 19.8. The highest BCUT2D eigenvalue weighted by atomic mass is 32.1. The van der Waals surface area contributed by atoms with Crippen molar-refractivity contribution in [2.24, 2.45) is 7.05 Å². The van der Waals surface area contributed by atoms with E-state index in [0.29, 0.717) is 5.82 Å². The Hall–Kier alpha value is -7.47. The van der Waals surface area contributed by atoms with Crippen LogP contribution in [0.1, 0.15) is 0 Å². The maximum Gasteiger partial charge on any atom is 0.160 e. The van der Waals surface area contributed by atoms with E-state index < -0.39 is 0 Å². The molecule has 278 valence electrons. The molecule has 0 saturated heterocycles. The van der Waals surface area contributed by atoms with Gasteiger partial charge in [-0.15, -0.1) is 11.3 Å². The van der Waals surface area contributed by atoms with Gasteiger partial charge in [0.15, 0.2) is 5.82 Å². The van der Waals surface area contributed by atoms with Gasteiger partial charge < -0.3 is 4.57 Å². The summed E-state index contributed by atoms with van der Waals surface area (Å²) in [6.07, 6.45) is 0. The van der Waals surface area contributed by atoms with Gasteiger partial charge in [-0.3, -0.25) is 0 Å². The maximum absolute atomic E-state index is 5.26. The summed E-state index contributed by atoms with van der Waals surface area (Å²) >= 11 is 1.84. The molecule has 11 aromatic rings. The highest BCUT2D eigenvalue weighted by molar-refractivity contribution is 7.25. The first kappa shape index (κ1) is 34.8. The molecule has 59 heavy (non-hydrogen) atoms. The van der Waals surface area contributed by atoms with Crippen LogP contribution in [0.15, 0.2) is 200 Å². The van der Waals surface area contributed by atoms with Crippen LogP contribution >= 0.6 is 11.3 Å². The molecule has 0 radical (unpaired) electrons. The Balaban J connectivity index is 1.02. The number of nitrogens with zero attached hydrogens (tertiary/aromatic N) is 4. The molecule has 0 fully saturated rings. The number of hydrogen-bond acceptors (Lipinski definition) is 4. The average molecular weight is 773 g/mol. The first-order chi connectivity index (χ1) is 29.1. The summed E-state index contributed by atoms with van der Waals surface area (Å²) in [5.74, 6) is 1.65. The number of rotatable bonds is 7. The molecule has 0 atom stereocenters. The molecule has 5 heteroatoms. The van der Waals surface area contributed by atoms with Crippen molar-refractivity contribution in [3.8, 4) is 78.7 Å². The minimum Gasteiger partial charge on any atom is -0.327 e. The van der Waals surface area contributed by atoms with Crippen LogP contribution in [-0.4, -0.2) is 19.5 Å².